The Kier molecular flexibility index (Phi) is 1.30. The van der Waals surface area contributed by atoms with Gasteiger partial charge in [0.15, 0.2) is 0 Å². The molecule has 0 N–H and O–H groups in total. The fourth-order valence-electron chi connectivity index (χ4n) is 1.13. The van der Waals surface area contributed by atoms with E-state index in [1.54, 1.807) is 0 Å². The van der Waals surface area contributed by atoms with Gasteiger partial charge in [0.1, 0.15) is 0 Å². The molecule has 0 fully saturated rings. The molecule has 1 aromatic carbocycles. The monoisotopic (exact) mass is 139 g/mol. The third kappa shape index (κ3) is 1.06. The van der Waals surface area contributed by atoms with Gasteiger partial charge in [-0.05, 0) is 24.1 Å². The predicted octanol–water partition coefficient (Wildman–Crippen LogP) is 2.48. The van der Waals surface area contributed by atoms with E-state index in [9.17, 15) is 0 Å². The molecule has 51 valence electrons. The maximum absolute atomic E-state index is 3.00. The van der Waals surface area contributed by atoms with Crippen molar-refractivity contribution in [2.24, 2.45) is 0 Å². The van der Waals surface area contributed by atoms with Crippen LogP contribution in [0.5, 0.6) is 0 Å². The molecular formula is C11H7. The van der Waals surface area contributed by atoms with E-state index < -0.39 is 0 Å². The zero-order valence-corrected chi connectivity index (χ0v) is 6.31. The molecule has 0 aliphatic heterocycles. The lowest BCUT2D eigenvalue weighted by Crippen LogP contribution is -1.84. The lowest BCUT2D eigenvalue weighted by molar-refractivity contribution is 1.42. The molecule has 0 heterocycles. The van der Waals surface area contributed by atoms with Gasteiger partial charge < -0.3 is 0 Å². The zero-order chi connectivity index (χ0) is 7.68. The standard InChI is InChI=1S/C11H7/c1-9-6-7-10-4-2-3-5-11(10)8-9/h5-8H,1H3. The summed E-state index contributed by atoms with van der Waals surface area (Å²) in [6.45, 7) is 2.08. The SMILES string of the molecule is Cc1ccc2c(c1)C=C=C=[C]2. The number of rotatable bonds is 0. The van der Waals surface area contributed by atoms with Crippen LogP contribution in [0.3, 0.4) is 0 Å². The maximum atomic E-state index is 3.00. The first-order valence-corrected chi connectivity index (χ1v) is 3.57. The molecular weight excluding hydrogens is 132 g/mol. The maximum Gasteiger partial charge on any atom is 0.0490 e. The van der Waals surface area contributed by atoms with Crippen LogP contribution < -0.4 is 0 Å². The van der Waals surface area contributed by atoms with Crippen LogP contribution in [0, 0.1) is 13.0 Å². The normalized spacial score (nSPS) is 11.7. The van der Waals surface area contributed by atoms with Crippen molar-refractivity contribution in [3.05, 3.63) is 52.4 Å². The summed E-state index contributed by atoms with van der Waals surface area (Å²) in [6, 6.07) is 6.25. The highest BCUT2D eigenvalue weighted by atomic mass is 14.0. The van der Waals surface area contributed by atoms with Crippen molar-refractivity contribution in [2.75, 3.05) is 0 Å². The minimum absolute atomic E-state index is 1.11. The van der Waals surface area contributed by atoms with E-state index >= 15 is 0 Å². The molecule has 2 rings (SSSR count). The summed E-state index contributed by atoms with van der Waals surface area (Å²) in [5.41, 5.74) is 9.25. The molecule has 1 aromatic rings. The summed E-state index contributed by atoms with van der Waals surface area (Å²) in [6.07, 6.45) is 4.93. The van der Waals surface area contributed by atoms with Gasteiger partial charge in [-0.25, -0.2) is 0 Å². The molecule has 0 atom stereocenters. The molecule has 0 unspecified atom stereocenters. The van der Waals surface area contributed by atoms with Gasteiger partial charge in [0.05, 0.1) is 0 Å². The Labute approximate surface area is 66.2 Å². The van der Waals surface area contributed by atoms with Crippen LogP contribution in [0.2, 0.25) is 0 Å². The van der Waals surface area contributed by atoms with Gasteiger partial charge in [0.2, 0.25) is 0 Å². The molecule has 1 aliphatic carbocycles. The van der Waals surface area contributed by atoms with Gasteiger partial charge in [0.25, 0.3) is 0 Å². The lowest BCUT2D eigenvalue weighted by atomic mass is 10.0. The Morgan fingerprint density at radius 3 is 3.09 bits per heavy atom. The summed E-state index contributed by atoms with van der Waals surface area (Å²) >= 11 is 0. The summed E-state index contributed by atoms with van der Waals surface area (Å²) in [4.78, 5) is 0. The van der Waals surface area contributed by atoms with Crippen LogP contribution in [0.25, 0.3) is 6.08 Å². The number of fused-ring (bicyclic) bond motifs is 1. The molecule has 1 radical (unpaired) electrons. The van der Waals surface area contributed by atoms with Crippen molar-refractivity contribution in [1.82, 2.24) is 0 Å². The third-order valence-electron chi connectivity index (χ3n) is 1.70. The first kappa shape index (κ1) is 6.24. The van der Waals surface area contributed by atoms with Gasteiger partial charge in [0, 0.05) is 6.08 Å². The topological polar surface area (TPSA) is 0 Å². The minimum atomic E-state index is 1.11. The summed E-state index contributed by atoms with van der Waals surface area (Å²) in [5, 5.41) is 0. The van der Waals surface area contributed by atoms with Crippen LogP contribution >= 0.6 is 0 Å². The van der Waals surface area contributed by atoms with Crippen molar-refractivity contribution in [3.63, 3.8) is 0 Å². The average molecular weight is 139 g/mol. The van der Waals surface area contributed by atoms with E-state index in [4.69, 9.17) is 0 Å². The predicted molar refractivity (Wildman–Crippen MR) is 45.0 cm³/mol. The second-order valence-corrected chi connectivity index (χ2v) is 2.63. The first-order valence-electron chi connectivity index (χ1n) is 3.57. The number of hydrogen-bond donors (Lipinski definition) is 0. The molecule has 0 aromatic heterocycles. The molecule has 0 amide bonds. The number of benzene rings is 1. The number of aryl methyl sites for hydroxylation is 1. The van der Waals surface area contributed by atoms with E-state index in [1.165, 1.54) is 11.1 Å². The summed E-state index contributed by atoms with van der Waals surface area (Å²) in [5.74, 6) is 0. The lowest BCUT2D eigenvalue weighted by Gasteiger charge is -2.01. The van der Waals surface area contributed by atoms with E-state index in [-0.39, 0.29) is 0 Å². The molecule has 0 spiro atoms. The Bertz CT molecular complexity index is 384. The first-order chi connectivity index (χ1) is 5.36. The molecule has 0 heteroatoms. The Hall–Kier alpha value is -1.48. The van der Waals surface area contributed by atoms with Crippen molar-refractivity contribution >= 4 is 6.08 Å². The van der Waals surface area contributed by atoms with E-state index in [0.717, 1.165) is 5.56 Å². The highest BCUT2D eigenvalue weighted by Crippen LogP contribution is 2.14. The van der Waals surface area contributed by atoms with Gasteiger partial charge in [-0.1, -0.05) is 35.2 Å². The fraction of sp³-hybridized carbons (Fsp3) is 0.0909. The highest BCUT2D eigenvalue weighted by Gasteiger charge is 1.97. The second-order valence-electron chi connectivity index (χ2n) is 2.63. The summed E-state index contributed by atoms with van der Waals surface area (Å²) in [7, 11) is 0. The van der Waals surface area contributed by atoms with E-state index in [0.29, 0.717) is 0 Å². The summed E-state index contributed by atoms with van der Waals surface area (Å²) < 4.78 is 0. The fourth-order valence-corrected chi connectivity index (χ4v) is 1.13. The van der Waals surface area contributed by atoms with Gasteiger partial charge in [-0.3, -0.25) is 0 Å². The van der Waals surface area contributed by atoms with Crippen LogP contribution in [0.1, 0.15) is 16.7 Å². The Balaban J connectivity index is 2.70. The zero-order valence-electron chi connectivity index (χ0n) is 6.31. The molecule has 11 heavy (non-hydrogen) atoms. The molecule has 0 nitrogen and oxygen atoms in total. The van der Waals surface area contributed by atoms with Crippen molar-refractivity contribution in [3.8, 4) is 0 Å². The largest absolute Gasteiger partial charge is 0.0689 e. The van der Waals surface area contributed by atoms with Gasteiger partial charge in [-0.15, -0.1) is 0 Å². The average Bonchev–Trinajstić information content (AvgIpc) is 2.04. The van der Waals surface area contributed by atoms with Crippen LogP contribution in [-0.2, 0) is 0 Å². The Morgan fingerprint density at radius 1 is 1.27 bits per heavy atom. The van der Waals surface area contributed by atoms with Crippen LogP contribution in [0.4, 0.5) is 0 Å². The smallest absolute Gasteiger partial charge is 0.0490 e. The second kappa shape index (κ2) is 2.29. The molecule has 0 saturated carbocycles. The van der Waals surface area contributed by atoms with Crippen LogP contribution in [0.15, 0.2) is 29.7 Å². The van der Waals surface area contributed by atoms with Crippen molar-refractivity contribution in [1.29, 1.82) is 0 Å². The van der Waals surface area contributed by atoms with Crippen molar-refractivity contribution < 1.29 is 0 Å². The quantitative estimate of drug-likeness (QED) is 0.492. The highest BCUT2D eigenvalue weighted by molar-refractivity contribution is 5.58. The van der Waals surface area contributed by atoms with Gasteiger partial charge >= 0.3 is 0 Å². The van der Waals surface area contributed by atoms with Crippen molar-refractivity contribution in [2.45, 2.75) is 6.92 Å². The number of hydrogen-bond acceptors (Lipinski definition) is 0. The Morgan fingerprint density at radius 2 is 2.18 bits per heavy atom. The third-order valence-corrected chi connectivity index (χ3v) is 1.70. The van der Waals surface area contributed by atoms with E-state index in [1.807, 2.05) is 6.08 Å². The molecule has 0 bridgehead atoms. The van der Waals surface area contributed by atoms with E-state index in [2.05, 4.69) is 42.7 Å². The van der Waals surface area contributed by atoms with Gasteiger partial charge in [-0.2, -0.15) is 0 Å². The molecule has 1 aliphatic rings. The molecule has 0 saturated heterocycles. The minimum Gasteiger partial charge on any atom is -0.0689 e. The van der Waals surface area contributed by atoms with Crippen LogP contribution in [-0.4, -0.2) is 0 Å².